The highest BCUT2D eigenvalue weighted by molar-refractivity contribution is 7.86. The summed E-state index contributed by atoms with van der Waals surface area (Å²) in [6, 6.07) is 16.9. The molecule has 3 aliphatic heterocycles. The summed E-state index contributed by atoms with van der Waals surface area (Å²) in [5.41, 5.74) is 14.0. The van der Waals surface area contributed by atoms with Crippen LogP contribution in [0.3, 0.4) is 0 Å². The Morgan fingerprint density at radius 1 is 0.755 bits per heavy atom. The number of carbonyl (C=O) groups is 4. The molecule has 3 amide bonds. The maximum atomic E-state index is 13.8. The molecule has 0 bridgehead atoms. The van der Waals surface area contributed by atoms with Gasteiger partial charge in [0, 0.05) is 60.4 Å². The number of aliphatic hydroxyl groups excluding tert-OH is 4. The molecule has 4 aromatic carbocycles. The summed E-state index contributed by atoms with van der Waals surface area (Å²) in [4.78, 5) is 52.0. The Hall–Kier alpha value is -8.14. The van der Waals surface area contributed by atoms with Crippen molar-refractivity contribution in [3.63, 3.8) is 0 Å². The molecule has 35 heteroatoms. The second kappa shape index (κ2) is 29.7. The van der Waals surface area contributed by atoms with Crippen LogP contribution in [-0.2, 0) is 85.2 Å². The predicted octanol–water partition coefficient (Wildman–Crippen LogP) is -2.01. The van der Waals surface area contributed by atoms with Gasteiger partial charge < -0.3 is 86.5 Å². The van der Waals surface area contributed by atoms with Gasteiger partial charge in [0.2, 0.25) is 0 Å². The molecule has 8 atom stereocenters. The van der Waals surface area contributed by atoms with Crippen LogP contribution in [0.2, 0.25) is 0 Å². The summed E-state index contributed by atoms with van der Waals surface area (Å²) in [6.45, 7) is 1.49. The Morgan fingerprint density at radius 3 is 2.01 bits per heavy atom. The highest BCUT2D eigenvalue weighted by atomic mass is 32.2. The van der Waals surface area contributed by atoms with Gasteiger partial charge in [-0.2, -0.15) is 16.8 Å². The van der Waals surface area contributed by atoms with Crippen molar-refractivity contribution in [2.45, 2.75) is 109 Å². The lowest BCUT2D eigenvalue weighted by molar-refractivity contribution is -0.886. The van der Waals surface area contributed by atoms with Gasteiger partial charge >= 0.3 is 5.97 Å². The third-order valence-electron chi connectivity index (χ3n) is 16.2. The van der Waals surface area contributed by atoms with Crippen LogP contribution in [0.25, 0.3) is 0 Å². The topological polar surface area (TPSA) is 491 Å². The van der Waals surface area contributed by atoms with Crippen molar-refractivity contribution in [3.8, 4) is 11.5 Å². The van der Waals surface area contributed by atoms with Crippen molar-refractivity contribution in [1.29, 1.82) is 0 Å². The number of quaternary nitrogens is 2. The summed E-state index contributed by atoms with van der Waals surface area (Å²) in [7, 11) is -4.54. The predicted molar refractivity (Wildman–Crippen MR) is 327 cm³/mol. The molecule has 33 nitrogen and oxygen atoms in total. The SMILES string of the molecule is C[N+](C)(C)[C@@H](CCCCn1cc(C[C@H]([NH3+])C(=O)NCCOCCOCCn2cc(CNC(=O)c3ccc4c(c3)C(=O)OC43c4ccc(N)c(S(=O)(=O)O)c4Oc4c3ccc(N)c4S(=O)(=O)O)nn2)nn1)C(=O)NCC(CO[C@@H]1O[C@H](CO)[C@@H](O)[C@H](O)[C@H]1O)c1ccccc1. The number of unbranched alkanes of at least 4 members (excludes halogenated alkanes) is 1. The number of aryl methyl sites for hydroxylation is 1. The number of aromatic nitrogens is 6. The number of hydrogen-bond donors (Lipinski definition) is 12. The first-order chi connectivity index (χ1) is 44.6. The Morgan fingerprint density at radius 2 is 1.37 bits per heavy atom. The van der Waals surface area contributed by atoms with Gasteiger partial charge in [0.05, 0.1) is 109 Å². The van der Waals surface area contributed by atoms with E-state index in [1.807, 2.05) is 51.5 Å². The van der Waals surface area contributed by atoms with Crippen molar-refractivity contribution in [2.75, 3.05) is 85.3 Å². The van der Waals surface area contributed by atoms with Crippen molar-refractivity contribution >= 4 is 55.3 Å². The Balaban J connectivity index is 0.658. The number of nitrogens with one attached hydrogen (secondary N) is 3. The van der Waals surface area contributed by atoms with Crippen LogP contribution >= 0.6 is 0 Å². The zero-order valence-corrected chi connectivity index (χ0v) is 53.1. The number of aliphatic hydroxyl groups is 4. The van der Waals surface area contributed by atoms with Crippen LogP contribution in [0, 0.1) is 0 Å². The molecule has 1 spiro atoms. The Kier molecular flexibility index (Phi) is 22.1. The molecule has 1 fully saturated rings. The molecular weight excluding hydrogens is 1270 g/mol. The smallest absolute Gasteiger partial charge is 0.340 e. The zero-order chi connectivity index (χ0) is 67.9. The standard InChI is InChI=1S/C59H75N13O20S2/c1-72(2,3)45(56(79)64-27-35(33-9-5-4-6-10-33)32-89-58-49(76)48(75)47(74)46(31-73)90-58)11-7-8-19-70-29-36(66-68-70)26-44(62)55(78)63-18-21-87-23-24-88-22-20-71-30-37(67-69-71)28-65-54(77)34-12-13-39-38(25-34)57(80)92-59(39)40-14-16-42(60)52(93(81,82)83)50(40)91-51-41(59)15-17-43(61)53(51)94(84,85)86/h4-6,9-10,12-17,25,29-30,35,44-49,58,73-76H,7-8,11,18-24,26-28,31-32,60-62H2,1-3H3,(H4-,63,64,65,77,78,79,81,82,83,84,85,86)/p+2/t35?,44-,45-,46+,47+,48-,49+,58+/m0/s1. The molecule has 94 heavy (non-hydrogen) atoms. The fraction of sp³-hybridized carbons (Fsp3) is 0.458. The highest BCUT2D eigenvalue weighted by Gasteiger charge is 2.56. The van der Waals surface area contributed by atoms with E-state index in [1.54, 1.807) is 17.1 Å². The maximum absolute atomic E-state index is 13.8. The normalized spacial score (nSPS) is 19.3. The first-order valence-electron chi connectivity index (χ1n) is 29.9. The monoisotopic (exact) mass is 1350 g/mol. The molecule has 3 aliphatic rings. The molecule has 0 radical (unpaired) electrons. The van der Waals surface area contributed by atoms with Crippen molar-refractivity contribution in [1.82, 2.24) is 45.9 Å². The van der Waals surface area contributed by atoms with Gasteiger partial charge in [0.25, 0.3) is 38.0 Å². The van der Waals surface area contributed by atoms with Gasteiger partial charge in [0.15, 0.2) is 45.3 Å². The quantitative estimate of drug-likeness (QED) is 0.00735. The van der Waals surface area contributed by atoms with E-state index in [1.165, 1.54) is 35.0 Å². The molecular formula is C59H77N13O20S2+2. The molecule has 1 unspecified atom stereocenters. The summed E-state index contributed by atoms with van der Waals surface area (Å²) < 4.78 is 109. The van der Waals surface area contributed by atoms with E-state index in [0.717, 1.165) is 17.7 Å². The zero-order valence-electron chi connectivity index (χ0n) is 51.5. The van der Waals surface area contributed by atoms with Gasteiger partial charge in [-0.25, -0.2) is 9.48 Å². The largest absolute Gasteiger partial charge is 0.453 e. The Bertz CT molecular complexity index is 3860. The number of likely N-dealkylation sites (N-methyl/N-ethyl adjacent to an activating group) is 1. The van der Waals surface area contributed by atoms with E-state index in [4.69, 9.17) is 39.9 Å². The number of carbonyl (C=O) groups excluding carboxylic acids is 4. The number of ether oxygens (including phenoxy) is 6. The van der Waals surface area contributed by atoms with Crippen LogP contribution < -0.4 is 37.9 Å². The second-order valence-corrected chi connectivity index (χ2v) is 26.4. The highest BCUT2D eigenvalue weighted by Crippen LogP contribution is 2.60. The minimum absolute atomic E-state index is 0.00974. The van der Waals surface area contributed by atoms with Gasteiger partial charge in [-0.05, 0) is 54.8 Å². The van der Waals surface area contributed by atoms with E-state index < -0.39 is 120 Å². The van der Waals surface area contributed by atoms with E-state index in [9.17, 15) is 65.5 Å². The molecule has 508 valence electrons. The number of nitrogens with zero attached hydrogens (tertiary/aromatic N) is 7. The molecule has 0 saturated carbocycles. The molecule has 0 aliphatic carbocycles. The minimum Gasteiger partial charge on any atom is -0.453 e. The number of amides is 3. The summed E-state index contributed by atoms with van der Waals surface area (Å²) in [5.74, 6) is -3.89. The average molecular weight is 1350 g/mol. The molecule has 1 saturated heterocycles. The number of nitrogens with two attached hydrogens (primary N) is 2. The second-order valence-electron chi connectivity index (χ2n) is 23.7. The average Bonchev–Trinajstić information content (AvgIpc) is 1.38. The number of anilines is 2. The lowest BCUT2D eigenvalue weighted by atomic mass is 9.77. The minimum atomic E-state index is -5.19. The molecule has 16 N–H and O–H groups in total. The first kappa shape index (κ1) is 70.2. The fourth-order valence-electron chi connectivity index (χ4n) is 11.3. The van der Waals surface area contributed by atoms with Gasteiger partial charge in [0.1, 0.15) is 30.1 Å². The van der Waals surface area contributed by atoms with E-state index in [-0.39, 0.29) is 105 Å². The molecule has 6 aromatic rings. The number of benzene rings is 4. The summed E-state index contributed by atoms with van der Waals surface area (Å²) >= 11 is 0. The lowest BCUT2D eigenvalue weighted by Gasteiger charge is -2.40. The first-order valence-corrected chi connectivity index (χ1v) is 32.7. The lowest BCUT2D eigenvalue weighted by Crippen LogP contribution is -2.68. The third-order valence-corrected chi connectivity index (χ3v) is 18.0. The number of hydrogen-bond acceptors (Lipinski definition) is 24. The van der Waals surface area contributed by atoms with Gasteiger partial charge in [-0.1, -0.05) is 46.8 Å². The van der Waals surface area contributed by atoms with Crippen molar-refractivity contribution in [3.05, 3.63) is 130 Å². The van der Waals surface area contributed by atoms with Crippen LogP contribution in [0.5, 0.6) is 11.5 Å². The maximum Gasteiger partial charge on any atom is 0.340 e. The Labute approximate surface area is 539 Å². The van der Waals surface area contributed by atoms with E-state index >= 15 is 0 Å². The van der Waals surface area contributed by atoms with E-state index in [0.29, 0.717) is 48.2 Å². The van der Waals surface area contributed by atoms with Crippen LogP contribution in [0.1, 0.15) is 79.5 Å². The van der Waals surface area contributed by atoms with Crippen molar-refractivity contribution in [2.24, 2.45) is 0 Å². The van der Waals surface area contributed by atoms with E-state index in [2.05, 4.69) is 42.3 Å². The van der Waals surface area contributed by atoms with Crippen LogP contribution in [0.15, 0.2) is 95.0 Å². The van der Waals surface area contributed by atoms with Crippen molar-refractivity contribution < 1.29 is 104 Å². The van der Waals surface area contributed by atoms with Crippen LogP contribution in [0.4, 0.5) is 11.4 Å². The molecule has 5 heterocycles. The number of rotatable bonds is 31. The molecule has 2 aromatic heterocycles. The fourth-order valence-corrected chi connectivity index (χ4v) is 12.8. The number of nitrogen functional groups attached to an aromatic ring is 2. The van der Waals surface area contributed by atoms with Gasteiger partial charge in [-0.3, -0.25) is 28.2 Å². The number of fused-ring (bicyclic) bond motifs is 6. The van der Waals surface area contributed by atoms with Crippen LogP contribution in [-0.4, -0.2) is 221 Å². The summed E-state index contributed by atoms with van der Waals surface area (Å²) in [6.07, 6.45) is -1.53. The summed E-state index contributed by atoms with van der Waals surface area (Å²) in [5, 5.41) is 65.8. The molecule has 9 rings (SSSR count). The van der Waals surface area contributed by atoms with Gasteiger partial charge in [-0.15, -0.1) is 10.2 Å². The third kappa shape index (κ3) is 16.0. The number of esters is 1.